The number of likely N-dealkylation sites (tertiary alicyclic amines) is 1. The van der Waals surface area contributed by atoms with Crippen molar-refractivity contribution < 1.29 is 9.90 Å². The fourth-order valence-electron chi connectivity index (χ4n) is 3.05. The molecule has 1 N–H and O–H groups in total. The second-order valence-electron chi connectivity index (χ2n) is 6.82. The van der Waals surface area contributed by atoms with E-state index in [1.165, 1.54) is 5.56 Å². The summed E-state index contributed by atoms with van der Waals surface area (Å²) in [6, 6.07) is 8.35. The Morgan fingerprint density at radius 2 is 1.92 bits per heavy atom. The van der Waals surface area contributed by atoms with Crippen LogP contribution in [0, 0.1) is 12.3 Å². The smallest absolute Gasteiger partial charge is 0.253 e. The Bertz CT molecular complexity index is 593. The fourth-order valence-corrected chi connectivity index (χ4v) is 3.05. The zero-order valence-electron chi connectivity index (χ0n) is 15.0. The normalized spacial score (nSPS) is 17.1. The third-order valence-corrected chi connectivity index (χ3v) is 4.87. The average molecular weight is 328 g/mol. The first-order valence-electron chi connectivity index (χ1n) is 8.71. The van der Waals surface area contributed by atoms with Crippen molar-refractivity contribution in [1.82, 2.24) is 9.80 Å². The Morgan fingerprint density at radius 1 is 1.33 bits per heavy atom. The lowest BCUT2D eigenvalue weighted by Gasteiger charge is -2.35. The van der Waals surface area contributed by atoms with E-state index in [2.05, 4.69) is 31.6 Å². The predicted octanol–water partition coefficient (Wildman–Crippen LogP) is 2.52. The summed E-state index contributed by atoms with van der Waals surface area (Å²) >= 11 is 0. The van der Waals surface area contributed by atoms with Gasteiger partial charge < -0.3 is 10.0 Å². The van der Waals surface area contributed by atoms with Crippen molar-refractivity contribution in [3.8, 4) is 12.3 Å². The molecule has 24 heavy (non-hydrogen) atoms. The lowest BCUT2D eigenvalue weighted by molar-refractivity contribution is 0.0250. The van der Waals surface area contributed by atoms with E-state index in [-0.39, 0.29) is 5.91 Å². The third-order valence-electron chi connectivity index (χ3n) is 4.87. The number of terminal acetylenes is 1. The van der Waals surface area contributed by atoms with E-state index >= 15 is 0 Å². The van der Waals surface area contributed by atoms with Crippen LogP contribution >= 0.6 is 0 Å². The standard InChI is InChI=1S/C20H28N2O2/c1-5-20(24)11-13-22(14-12-20)19(23)18-9-7-17(8-10-18)15-21(6-2)16(3)4/h1,7-10,16,24H,6,11-15H2,2-4H3. The van der Waals surface area contributed by atoms with Gasteiger partial charge in [-0.25, -0.2) is 0 Å². The summed E-state index contributed by atoms with van der Waals surface area (Å²) in [5.74, 6) is 2.44. The lowest BCUT2D eigenvalue weighted by atomic mass is 9.92. The molecule has 0 aromatic heterocycles. The number of amides is 1. The first-order valence-corrected chi connectivity index (χ1v) is 8.71. The number of carbonyl (C=O) groups excluding carboxylic acids is 1. The molecule has 0 unspecified atom stereocenters. The number of piperidine rings is 1. The topological polar surface area (TPSA) is 43.8 Å². The van der Waals surface area contributed by atoms with E-state index in [0.29, 0.717) is 37.5 Å². The summed E-state index contributed by atoms with van der Waals surface area (Å²) in [7, 11) is 0. The van der Waals surface area contributed by atoms with Gasteiger partial charge in [0.25, 0.3) is 5.91 Å². The van der Waals surface area contributed by atoms with Crippen LogP contribution < -0.4 is 0 Å². The molecule has 0 aliphatic carbocycles. The van der Waals surface area contributed by atoms with Gasteiger partial charge in [-0.05, 0) is 38.1 Å². The van der Waals surface area contributed by atoms with E-state index in [9.17, 15) is 9.90 Å². The monoisotopic (exact) mass is 328 g/mol. The number of hydrogen-bond acceptors (Lipinski definition) is 3. The third kappa shape index (κ3) is 4.37. The van der Waals surface area contributed by atoms with Gasteiger partial charge in [0.15, 0.2) is 0 Å². The van der Waals surface area contributed by atoms with Gasteiger partial charge in [-0.3, -0.25) is 9.69 Å². The highest BCUT2D eigenvalue weighted by atomic mass is 16.3. The SMILES string of the molecule is C#CC1(O)CCN(C(=O)c2ccc(CN(CC)C(C)C)cc2)CC1. The van der Waals surface area contributed by atoms with Crippen molar-refractivity contribution in [3.05, 3.63) is 35.4 Å². The number of rotatable bonds is 5. The molecular weight excluding hydrogens is 300 g/mol. The second-order valence-corrected chi connectivity index (χ2v) is 6.82. The van der Waals surface area contributed by atoms with Crippen molar-refractivity contribution in [3.63, 3.8) is 0 Å². The Kier molecular flexibility index (Phi) is 6.04. The molecule has 4 nitrogen and oxygen atoms in total. The van der Waals surface area contributed by atoms with Crippen molar-refractivity contribution in [1.29, 1.82) is 0 Å². The maximum Gasteiger partial charge on any atom is 0.253 e. The van der Waals surface area contributed by atoms with Gasteiger partial charge in [-0.1, -0.05) is 25.0 Å². The molecule has 1 saturated heterocycles. The molecule has 1 fully saturated rings. The molecule has 2 rings (SSSR count). The molecule has 1 amide bonds. The first kappa shape index (κ1) is 18.5. The van der Waals surface area contributed by atoms with Crippen LogP contribution in [0.2, 0.25) is 0 Å². The van der Waals surface area contributed by atoms with Gasteiger partial charge in [0.1, 0.15) is 5.60 Å². The van der Waals surface area contributed by atoms with Crippen LogP contribution in [0.25, 0.3) is 0 Å². The highest BCUT2D eigenvalue weighted by molar-refractivity contribution is 5.94. The minimum atomic E-state index is -1.05. The molecule has 1 aliphatic rings. The zero-order chi connectivity index (χ0) is 17.7. The highest BCUT2D eigenvalue weighted by Gasteiger charge is 2.32. The first-order chi connectivity index (χ1) is 11.4. The Morgan fingerprint density at radius 3 is 2.38 bits per heavy atom. The quantitative estimate of drug-likeness (QED) is 0.845. The van der Waals surface area contributed by atoms with E-state index in [1.807, 2.05) is 24.3 Å². The van der Waals surface area contributed by atoms with Crippen LogP contribution in [0.3, 0.4) is 0 Å². The number of hydrogen-bond donors (Lipinski definition) is 1. The minimum Gasteiger partial charge on any atom is -0.377 e. The molecule has 1 aromatic carbocycles. The zero-order valence-corrected chi connectivity index (χ0v) is 15.0. The molecule has 0 radical (unpaired) electrons. The Hall–Kier alpha value is -1.83. The maximum atomic E-state index is 12.6. The minimum absolute atomic E-state index is 0.0110. The molecule has 0 atom stereocenters. The number of benzene rings is 1. The summed E-state index contributed by atoms with van der Waals surface area (Å²) in [5, 5.41) is 10.1. The predicted molar refractivity (Wildman–Crippen MR) is 96.6 cm³/mol. The van der Waals surface area contributed by atoms with Crippen LogP contribution in [0.1, 0.15) is 49.5 Å². The van der Waals surface area contributed by atoms with Gasteiger partial charge in [0, 0.05) is 44.1 Å². The van der Waals surface area contributed by atoms with E-state index in [0.717, 1.165) is 13.1 Å². The van der Waals surface area contributed by atoms with E-state index < -0.39 is 5.60 Å². The van der Waals surface area contributed by atoms with Gasteiger partial charge in [-0.15, -0.1) is 6.42 Å². The molecule has 0 saturated carbocycles. The van der Waals surface area contributed by atoms with Crippen molar-refractivity contribution in [2.75, 3.05) is 19.6 Å². The lowest BCUT2D eigenvalue weighted by Crippen LogP contribution is -2.45. The number of aliphatic hydroxyl groups is 1. The summed E-state index contributed by atoms with van der Waals surface area (Å²) in [6.45, 7) is 9.43. The maximum absolute atomic E-state index is 12.6. The summed E-state index contributed by atoms with van der Waals surface area (Å²) in [6.07, 6.45) is 6.23. The second kappa shape index (κ2) is 7.83. The highest BCUT2D eigenvalue weighted by Crippen LogP contribution is 2.22. The van der Waals surface area contributed by atoms with Gasteiger partial charge in [0.2, 0.25) is 0 Å². The fraction of sp³-hybridized carbons (Fsp3) is 0.550. The van der Waals surface area contributed by atoms with Crippen molar-refractivity contribution in [2.24, 2.45) is 0 Å². The van der Waals surface area contributed by atoms with E-state index in [1.54, 1.807) is 4.90 Å². The van der Waals surface area contributed by atoms with Crippen LogP contribution in [0.4, 0.5) is 0 Å². The van der Waals surface area contributed by atoms with Gasteiger partial charge in [-0.2, -0.15) is 0 Å². The van der Waals surface area contributed by atoms with Gasteiger partial charge >= 0.3 is 0 Å². The summed E-state index contributed by atoms with van der Waals surface area (Å²) < 4.78 is 0. The van der Waals surface area contributed by atoms with E-state index in [4.69, 9.17) is 6.42 Å². The molecule has 1 aliphatic heterocycles. The van der Waals surface area contributed by atoms with Crippen LogP contribution in [0.15, 0.2) is 24.3 Å². The van der Waals surface area contributed by atoms with Crippen LogP contribution in [-0.2, 0) is 6.54 Å². The largest absolute Gasteiger partial charge is 0.377 e. The molecule has 4 heteroatoms. The summed E-state index contributed by atoms with van der Waals surface area (Å²) in [4.78, 5) is 16.7. The molecule has 1 heterocycles. The van der Waals surface area contributed by atoms with Crippen LogP contribution in [-0.4, -0.2) is 52.1 Å². The Labute approximate surface area is 145 Å². The Balaban J connectivity index is 1.98. The number of carbonyl (C=O) groups is 1. The van der Waals surface area contributed by atoms with Gasteiger partial charge in [0.05, 0.1) is 0 Å². The number of nitrogens with zero attached hydrogens (tertiary/aromatic N) is 2. The summed E-state index contributed by atoms with van der Waals surface area (Å²) in [5.41, 5.74) is 0.848. The molecule has 0 spiro atoms. The molecule has 130 valence electrons. The average Bonchev–Trinajstić information content (AvgIpc) is 2.60. The van der Waals surface area contributed by atoms with Crippen molar-refractivity contribution in [2.45, 2.75) is 51.8 Å². The molecule has 1 aromatic rings. The van der Waals surface area contributed by atoms with Crippen molar-refractivity contribution >= 4 is 5.91 Å². The van der Waals surface area contributed by atoms with Crippen LogP contribution in [0.5, 0.6) is 0 Å². The molecular formula is C20H28N2O2. The molecule has 0 bridgehead atoms.